The molecule has 2 N–H and O–H groups in total. The number of aromatic nitrogens is 3. The van der Waals surface area contributed by atoms with Gasteiger partial charge in [0, 0.05) is 12.0 Å². The lowest BCUT2D eigenvalue weighted by atomic mass is 10.0. The number of amides is 5. The molecule has 5 amide bonds. The number of fused-ring (bicyclic) bond motifs is 1. The minimum Gasteiger partial charge on any atom is -0.324 e. The van der Waals surface area contributed by atoms with E-state index in [0.717, 1.165) is 21.7 Å². The molecule has 1 atom stereocenters. The molecule has 2 aliphatic heterocycles. The number of hydrogen-bond donors (Lipinski definition) is 2. The van der Waals surface area contributed by atoms with Crippen molar-refractivity contribution in [3.8, 4) is 11.3 Å². The molecule has 3 heterocycles. The Morgan fingerprint density at radius 1 is 1.08 bits per heavy atom. The van der Waals surface area contributed by atoms with Gasteiger partial charge in [0.15, 0.2) is 11.6 Å². The number of rotatable bonds is 5. The molecule has 1 fully saturated rings. The van der Waals surface area contributed by atoms with Gasteiger partial charge in [0.25, 0.3) is 11.8 Å². The second-order valence-corrected chi connectivity index (χ2v) is 8.15. The Hall–Kier alpha value is -4.81. The van der Waals surface area contributed by atoms with Crippen LogP contribution in [0.4, 0.5) is 14.5 Å². The number of halogens is 2. The van der Waals surface area contributed by atoms with E-state index in [1.807, 2.05) is 0 Å². The number of hydrogen-bond acceptors (Lipinski definition) is 7. The highest BCUT2D eigenvalue weighted by molar-refractivity contribution is 6.26. The molecule has 5 rings (SSSR count). The second kappa shape index (κ2) is 8.76. The van der Waals surface area contributed by atoms with Crippen LogP contribution < -0.4 is 10.6 Å². The first-order valence-electron chi connectivity index (χ1n) is 10.7. The zero-order valence-corrected chi connectivity index (χ0v) is 18.3. The van der Waals surface area contributed by atoms with Gasteiger partial charge in [-0.15, -0.1) is 5.10 Å². The highest BCUT2D eigenvalue weighted by Gasteiger charge is 2.45. The van der Waals surface area contributed by atoms with Crippen molar-refractivity contribution in [2.45, 2.75) is 25.4 Å². The van der Waals surface area contributed by atoms with Crippen LogP contribution in [0.2, 0.25) is 0 Å². The van der Waals surface area contributed by atoms with E-state index >= 15 is 0 Å². The van der Waals surface area contributed by atoms with Crippen molar-refractivity contribution in [1.82, 2.24) is 25.2 Å². The molecule has 0 saturated carbocycles. The van der Waals surface area contributed by atoms with Crippen molar-refractivity contribution in [2.75, 3.05) is 5.32 Å². The SMILES string of the molecule is O=C1CCC(N2C(=O)c3cccc(NC(=O)Cn4cc(-c5ccc(F)c(F)c5)nn4)c3C2=O)C(=O)N1. The van der Waals surface area contributed by atoms with Crippen LogP contribution in [0.1, 0.15) is 33.6 Å². The summed E-state index contributed by atoms with van der Waals surface area (Å²) in [4.78, 5) is 63.2. The summed E-state index contributed by atoms with van der Waals surface area (Å²) >= 11 is 0. The molecule has 13 heteroatoms. The van der Waals surface area contributed by atoms with Crippen LogP contribution in [0.3, 0.4) is 0 Å². The van der Waals surface area contributed by atoms with Gasteiger partial charge < -0.3 is 5.32 Å². The van der Waals surface area contributed by atoms with Crippen molar-refractivity contribution in [1.29, 1.82) is 0 Å². The van der Waals surface area contributed by atoms with E-state index in [1.54, 1.807) is 0 Å². The molecule has 1 aromatic heterocycles. The maximum Gasteiger partial charge on any atom is 0.264 e. The van der Waals surface area contributed by atoms with Crippen molar-refractivity contribution < 1.29 is 32.8 Å². The number of nitrogens with zero attached hydrogens (tertiary/aromatic N) is 4. The quantitative estimate of drug-likeness (QED) is 0.509. The van der Waals surface area contributed by atoms with Crippen molar-refractivity contribution in [3.63, 3.8) is 0 Å². The molecule has 182 valence electrons. The van der Waals surface area contributed by atoms with Crippen LogP contribution >= 0.6 is 0 Å². The lowest BCUT2D eigenvalue weighted by Gasteiger charge is -2.27. The third-order valence-corrected chi connectivity index (χ3v) is 5.80. The summed E-state index contributed by atoms with van der Waals surface area (Å²) in [7, 11) is 0. The largest absolute Gasteiger partial charge is 0.324 e. The Morgan fingerprint density at radius 2 is 1.89 bits per heavy atom. The van der Waals surface area contributed by atoms with Crippen LogP contribution in [-0.4, -0.2) is 55.5 Å². The van der Waals surface area contributed by atoms with Crippen LogP contribution in [-0.2, 0) is 20.9 Å². The van der Waals surface area contributed by atoms with Gasteiger partial charge in [-0.1, -0.05) is 11.3 Å². The van der Waals surface area contributed by atoms with Crippen LogP contribution in [0.25, 0.3) is 11.3 Å². The number of imide groups is 2. The predicted molar refractivity (Wildman–Crippen MR) is 117 cm³/mol. The van der Waals surface area contributed by atoms with E-state index in [-0.39, 0.29) is 47.5 Å². The fourth-order valence-electron chi connectivity index (χ4n) is 4.12. The van der Waals surface area contributed by atoms with Crippen LogP contribution in [0, 0.1) is 11.6 Å². The van der Waals surface area contributed by atoms with Crippen molar-refractivity contribution in [3.05, 3.63) is 65.4 Å². The first kappa shape index (κ1) is 23.0. The number of anilines is 1. The third kappa shape index (κ3) is 4.00. The molecule has 0 aliphatic carbocycles. The minimum absolute atomic E-state index is 0.00438. The first-order valence-corrected chi connectivity index (χ1v) is 10.7. The van der Waals surface area contributed by atoms with Gasteiger partial charge in [-0.2, -0.15) is 0 Å². The monoisotopic (exact) mass is 494 g/mol. The van der Waals surface area contributed by atoms with Gasteiger partial charge in [-0.05, 0) is 36.8 Å². The fourth-order valence-corrected chi connectivity index (χ4v) is 4.12. The Balaban J connectivity index is 1.33. The highest BCUT2D eigenvalue weighted by atomic mass is 19.2. The molecule has 0 radical (unpaired) electrons. The standard InChI is InChI=1S/C23H16F2N6O5/c24-13-5-4-11(8-14(13)25)16-9-30(29-28-16)10-19(33)26-15-3-1-2-12-20(15)23(36)31(22(12)35)17-6-7-18(32)27-21(17)34/h1-5,8-9,17H,6-7,10H2,(H,26,33)(H,27,32,34). The first-order chi connectivity index (χ1) is 17.2. The van der Waals surface area contributed by atoms with E-state index in [9.17, 15) is 32.8 Å². The molecule has 1 saturated heterocycles. The molecular formula is C23H16F2N6O5. The lowest BCUT2D eigenvalue weighted by Crippen LogP contribution is -2.54. The molecule has 0 bridgehead atoms. The van der Waals surface area contributed by atoms with Gasteiger partial charge in [-0.25, -0.2) is 13.5 Å². The van der Waals surface area contributed by atoms with Crippen LogP contribution in [0.5, 0.6) is 0 Å². The molecule has 3 aromatic rings. The topological polar surface area (TPSA) is 143 Å². The summed E-state index contributed by atoms with van der Waals surface area (Å²) in [5, 5.41) is 12.3. The number of carbonyl (C=O) groups excluding carboxylic acids is 5. The second-order valence-electron chi connectivity index (χ2n) is 8.15. The lowest BCUT2D eigenvalue weighted by molar-refractivity contribution is -0.136. The smallest absolute Gasteiger partial charge is 0.264 e. The zero-order valence-electron chi connectivity index (χ0n) is 18.3. The van der Waals surface area contributed by atoms with Gasteiger partial charge in [0.2, 0.25) is 17.7 Å². The Labute approximate surface area is 201 Å². The van der Waals surface area contributed by atoms with Crippen molar-refractivity contribution >= 4 is 35.2 Å². The maximum absolute atomic E-state index is 13.5. The maximum atomic E-state index is 13.5. The van der Waals surface area contributed by atoms with Crippen LogP contribution in [0.15, 0.2) is 42.6 Å². The summed E-state index contributed by atoms with van der Waals surface area (Å²) in [5.41, 5.74) is 0.485. The fraction of sp³-hybridized carbons (Fsp3) is 0.174. The van der Waals surface area contributed by atoms with Gasteiger partial charge >= 0.3 is 0 Å². The molecule has 2 aliphatic rings. The Bertz CT molecular complexity index is 1470. The predicted octanol–water partition coefficient (Wildman–Crippen LogP) is 1.26. The molecule has 36 heavy (non-hydrogen) atoms. The van der Waals surface area contributed by atoms with E-state index in [0.29, 0.717) is 0 Å². The van der Waals surface area contributed by atoms with E-state index < -0.39 is 47.2 Å². The van der Waals surface area contributed by atoms with E-state index in [2.05, 4.69) is 20.9 Å². The Kier molecular flexibility index (Phi) is 5.59. The summed E-state index contributed by atoms with van der Waals surface area (Å²) in [6, 6.07) is 6.40. The average Bonchev–Trinajstić information content (AvgIpc) is 3.39. The molecule has 0 spiro atoms. The Morgan fingerprint density at radius 3 is 2.64 bits per heavy atom. The number of carbonyl (C=O) groups is 5. The van der Waals surface area contributed by atoms with E-state index in [4.69, 9.17) is 0 Å². The van der Waals surface area contributed by atoms with Gasteiger partial charge in [0.05, 0.1) is 23.0 Å². The number of nitrogens with one attached hydrogen (secondary N) is 2. The van der Waals surface area contributed by atoms with Gasteiger partial charge in [0.1, 0.15) is 18.3 Å². The molecule has 11 nitrogen and oxygen atoms in total. The molecular weight excluding hydrogens is 478 g/mol. The average molecular weight is 494 g/mol. The summed E-state index contributed by atoms with van der Waals surface area (Å²) in [6.45, 7) is -0.334. The number of piperidine rings is 1. The minimum atomic E-state index is -1.14. The third-order valence-electron chi connectivity index (χ3n) is 5.80. The normalized spacial score (nSPS) is 17.3. The van der Waals surface area contributed by atoms with E-state index in [1.165, 1.54) is 30.5 Å². The highest BCUT2D eigenvalue weighted by Crippen LogP contribution is 2.32. The summed E-state index contributed by atoms with van der Waals surface area (Å²) < 4.78 is 27.8. The molecule has 2 aromatic carbocycles. The van der Waals surface area contributed by atoms with Gasteiger partial charge in [-0.3, -0.25) is 34.2 Å². The zero-order chi connectivity index (χ0) is 25.6. The summed E-state index contributed by atoms with van der Waals surface area (Å²) in [5.74, 6) is -5.36. The molecule has 1 unspecified atom stereocenters. The number of benzene rings is 2. The summed E-state index contributed by atoms with van der Waals surface area (Å²) in [6.07, 6.45) is 1.35. The van der Waals surface area contributed by atoms with Crippen molar-refractivity contribution in [2.24, 2.45) is 0 Å².